The standard InChI is InChI=1S/C19H18N2/c1-3-8-17(9-4-1)14-19-15-20-12-7-13-21(19)16-18-10-5-2-6-11-18/h1-13,15H,14,16H2. The van der Waals surface area contributed by atoms with Crippen LogP contribution in [0.3, 0.4) is 0 Å². The van der Waals surface area contributed by atoms with Crippen molar-refractivity contribution in [1.29, 1.82) is 0 Å². The zero-order valence-electron chi connectivity index (χ0n) is 11.9. The Morgan fingerprint density at radius 3 is 2.19 bits per heavy atom. The Bertz CT molecular complexity index is 654. The summed E-state index contributed by atoms with van der Waals surface area (Å²) < 4.78 is 0. The van der Waals surface area contributed by atoms with E-state index in [9.17, 15) is 0 Å². The quantitative estimate of drug-likeness (QED) is 0.817. The van der Waals surface area contributed by atoms with Crippen LogP contribution < -0.4 is 0 Å². The van der Waals surface area contributed by atoms with Crippen molar-refractivity contribution < 1.29 is 0 Å². The predicted molar refractivity (Wildman–Crippen MR) is 87.8 cm³/mol. The van der Waals surface area contributed by atoms with E-state index >= 15 is 0 Å². The summed E-state index contributed by atoms with van der Waals surface area (Å²) in [4.78, 5) is 6.58. The molecule has 0 bridgehead atoms. The third-order valence-corrected chi connectivity index (χ3v) is 3.45. The van der Waals surface area contributed by atoms with Crippen LogP contribution in [0.2, 0.25) is 0 Å². The predicted octanol–water partition coefficient (Wildman–Crippen LogP) is 4.17. The summed E-state index contributed by atoms with van der Waals surface area (Å²) >= 11 is 0. The molecule has 0 saturated carbocycles. The van der Waals surface area contributed by atoms with Gasteiger partial charge in [0.2, 0.25) is 0 Å². The average molecular weight is 274 g/mol. The molecule has 0 spiro atoms. The largest absolute Gasteiger partial charge is 0.345 e. The molecule has 104 valence electrons. The summed E-state index contributed by atoms with van der Waals surface area (Å²) in [5.41, 5.74) is 3.80. The molecule has 1 heterocycles. The lowest BCUT2D eigenvalue weighted by molar-refractivity contribution is 0.448. The molecule has 0 aromatic heterocycles. The van der Waals surface area contributed by atoms with E-state index in [0.717, 1.165) is 13.0 Å². The van der Waals surface area contributed by atoms with Crippen molar-refractivity contribution in [3.8, 4) is 0 Å². The second kappa shape index (κ2) is 6.71. The molecular weight excluding hydrogens is 256 g/mol. The van der Waals surface area contributed by atoms with Gasteiger partial charge in [-0.25, -0.2) is 0 Å². The van der Waals surface area contributed by atoms with Crippen LogP contribution >= 0.6 is 0 Å². The van der Waals surface area contributed by atoms with Gasteiger partial charge in [0.25, 0.3) is 0 Å². The van der Waals surface area contributed by atoms with E-state index in [0.29, 0.717) is 0 Å². The number of rotatable bonds is 4. The summed E-state index contributed by atoms with van der Waals surface area (Å²) in [7, 11) is 0. The Balaban J connectivity index is 1.80. The van der Waals surface area contributed by atoms with E-state index in [1.54, 1.807) is 0 Å². The second-order valence-corrected chi connectivity index (χ2v) is 5.04. The molecule has 0 unspecified atom stereocenters. The summed E-state index contributed by atoms with van der Waals surface area (Å²) in [6.07, 6.45) is 8.75. The van der Waals surface area contributed by atoms with Gasteiger partial charge in [-0.1, -0.05) is 60.7 Å². The molecule has 2 nitrogen and oxygen atoms in total. The van der Waals surface area contributed by atoms with Gasteiger partial charge in [-0.2, -0.15) is 0 Å². The van der Waals surface area contributed by atoms with Crippen molar-refractivity contribution in [1.82, 2.24) is 4.90 Å². The van der Waals surface area contributed by atoms with Gasteiger partial charge in [0.1, 0.15) is 0 Å². The van der Waals surface area contributed by atoms with Crippen LogP contribution in [-0.4, -0.2) is 11.1 Å². The fraction of sp³-hybridized carbons (Fsp3) is 0.105. The van der Waals surface area contributed by atoms with Crippen LogP contribution in [0.4, 0.5) is 0 Å². The summed E-state index contributed by atoms with van der Waals surface area (Å²) in [6, 6.07) is 21.0. The molecule has 0 saturated heterocycles. The lowest BCUT2D eigenvalue weighted by atomic mass is 10.1. The summed E-state index contributed by atoms with van der Waals surface area (Å²) in [6.45, 7) is 0.860. The molecule has 0 N–H and O–H groups in total. The van der Waals surface area contributed by atoms with Gasteiger partial charge in [0.15, 0.2) is 0 Å². The van der Waals surface area contributed by atoms with E-state index < -0.39 is 0 Å². The lowest BCUT2D eigenvalue weighted by Gasteiger charge is -2.23. The first kappa shape index (κ1) is 13.4. The molecule has 21 heavy (non-hydrogen) atoms. The maximum absolute atomic E-state index is 4.32. The van der Waals surface area contributed by atoms with Crippen molar-refractivity contribution in [2.24, 2.45) is 4.99 Å². The van der Waals surface area contributed by atoms with Gasteiger partial charge in [-0.3, -0.25) is 4.99 Å². The fourth-order valence-electron chi connectivity index (χ4n) is 2.38. The maximum Gasteiger partial charge on any atom is 0.0473 e. The van der Waals surface area contributed by atoms with E-state index in [1.807, 2.05) is 30.6 Å². The Labute approximate surface area is 125 Å². The first-order valence-corrected chi connectivity index (χ1v) is 7.15. The molecule has 0 radical (unpaired) electrons. The van der Waals surface area contributed by atoms with Gasteiger partial charge in [-0.15, -0.1) is 0 Å². The Morgan fingerprint density at radius 1 is 0.810 bits per heavy atom. The summed E-state index contributed by atoms with van der Waals surface area (Å²) in [5.74, 6) is 0. The monoisotopic (exact) mass is 274 g/mol. The van der Waals surface area contributed by atoms with Crippen LogP contribution in [-0.2, 0) is 13.0 Å². The van der Waals surface area contributed by atoms with Crippen LogP contribution in [0.1, 0.15) is 11.1 Å². The normalized spacial score (nSPS) is 13.9. The molecule has 1 aliphatic heterocycles. The van der Waals surface area contributed by atoms with E-state index in [4.69, 9.17) is 0 Å². The van der Waals surface area contributed by atoms with Gasteiger partial charge < -0.3 is 4.90 Å². The lowest BCUT2D eigenvalue weighted by Crippen LogP contribution is -2.17. The maximum atomic E-state index is 4.32. The van der Waals surface area contributed by atoms with Gasteiger partial charge in [-0.05, 0) is 17.2 Å². The minimum Gasteiger partial charge on any atom is -0.345 e. The Morgan fingerprint density at radius 2 is 1.48 bits per heavy atom. The highest BCUT2D eigenvalue weighted by Crippen LogP contribution is 2.18. The van der Waals surface area contributed by atoms with Crippen LogP contribution in [0, 0.1) is 0 Å². The molecule has 0 amide bonds. The smallest absolute Gasteiger partial charge is 0.0473 e. The first-order valence-electron chi connectivity index (χ1n) is 7.15. The SMILES string of the molecule is C1=CN(Cc2ccccc2)C(Cc2ccccc2)=CN=C1. The third-order valence-electron chi connectivity index (χ3n) is 3.45. The van der Waals surface area contributed by atoms with E-state index in [2.05, 4.69) is 64.6 Å². The Kier molecular flexibility index (Phi) is 4.27. The number of nitrogens with zero attached hydrogens (tertiary/aromatic N) is 2. The molecule has 0 atom stereocenters. The second-order valence-electron chi connectivity index (χ2n) is 5.04. The van der Waals surface area contributed by atoms with Crippen molar-refractivity contribution in [2.75, 3.05) is 0 Å². The van der Waals surface area contributed by atoms with Crippen molar-refractivity contribution in [3.05, 3.63) is 96.0 Å². The van der Waals surface area contributed by atoms with Gasteiger partial charge >= 0.3 is 0 Å². The molecule has 0 aliphatic carbocycles. The van der Waals surface area contributed by atoms with Crippen molar-refractivity contribution in [3.63, 3.8) is 0 Å². The molecular formula is C19H18N2. The minimum atomic E-state index is 0.860. The highest BCUT2D eigenvalue weighted by atomic mass is 15.1. The van der Waals surface area contributed by atoms with Crippen LogP contribution in [0.25, 0.3) is 0 Å². The Hall–Kier alpha value is -2.61. The van der Waals surface area contributed by atoms with E-state index in [-0.39, 0.29) is 0 Å². The highest BCUT2D eigenvalue weighted by molar-refractivity contribution is 5.72. The number of hydrogen-bond acceptors (Lipinski definition) is 2. The number of allylic oxidation sites excluding steroid dienone is 2. The topological polar surface area (TPSA) is 15.6 Å². The molecule has 3 rings (SSSR count). The van der Waals surface area contributed by atoms with Crippen LogP contribution in [0.5, 0.6) is 0 Å². The molecule has 2 aromatic rings. The number of benzene rings is 2. The fourth-order valence-corrected chi connectivity index (χ4v) is 2.38. The highest BCUT2D eigenvalue weighted by Gasteiger charge is 2.09. The number of hydrogen-bond donors (Lipinski definition) is 0. The molecule has 2 heteroatoms. The van der Waals surface area contributed by atoms with Gasteiger partial charge in [0.05, 0.1) is 0 Å². The average Bonchev–Trinajstić information content (AvgIpc) is 2.75. The molecule has 2 aromatic carbocycles. The van der Waals surface area contributed by atoms with Crippen molar-refractivity contribution >= 4 is 6.21 Å². The summed E-state index contributed by atoms with van der Waals surface area (Å²) in [5, 5.41) is 0. The van der Waals surface area contributed by atoms with E-state index in [1.165, 1.54) is 16.8 Å². The number of aliphatic imine (C=N–C) groups is 1. The zero-order chi connectivity index (χ0) is 14.3. The van der Waals surface area contributed by atoms with Crippen LogP contribution in [0.15, 0.2) is 89.8 Å². The third kappa shape index (κ3) is 3.69. The first-order chi connectivity index (χ1) is 10.4. The molecule has 0 fully saturated rings. The molecule has 1 aliphatic rings. The van der Waals surface area contributed by atoms with Gasteiger partial charge in [0, 0.05) is 37.3 Å². The minimum absolute atomic E-state index is 0.860. The van der Waals surface area contributed by atoms with Crippen molar-refractivity contribution in [2.45, 2.75) is 13.0 Å². The zero-order valence-corrected chi connectivity index (χ0v) is 11.9.